The van der Waals surface area contributed by atoms with Gasteiger partial charge in [-0.1, -0.05) is 26.7 Å². The third-order valence-corrected chi connectivity index (χ3v) is 4.98. The number of nitrogens with zero attached hydrogens (tertiary/aromatic N) is 1. The van der Waals surface area contributed by atoms with E-state index in [1.54, 1.807) is 6.92 Å². The molecule has 1 aliphatic carbocycles. The number of nitrogens with one attached hydrogen (secondary N) is 1. The van der Waals surface area contributed by atoms with Gasteiger partial charge in [-0.15, -0.1) is 0 Å². The predicted octanol–water partition coefficient (Wildman–Crippen LogP) is 3.53. The quantitative estimate of drug-likeness (QED) is 0.813. The lowest BCUT2D eigenvalue weighted by atomic mass is 9.78. The number of ether oxygens (including phenoxy) is 1. The molecule has 5 nitrogen and oxygen atoms in total. The van der Waals surface area contributed by atoms with E-state index in [2.05, 4.69) is 23.5 Å². The van der Waals surface area contributed by atoms with Crippen molar-refractivity contribution < 1.29 is 9.53 Å². The van der Waals surface area contributed by atoms with Crippen molar-refractivity contribution in [2.24, 2.45) is 11.8 Å². The number of carbonyl (C=O) groups excluding carboxylic acids is 1. The lowest BCUT2D eigenvalue weighted by Crippen LogP contribution is -2.35. The van der Waals surface area contributed by atoms with Crippen LogP contribution in [0.15, 0.2) is 0 Å². The third-order valence-electron chi connectivity index (χ3n) is 4.19. The van der Waals surface area contributed by atoms with Crippen LogP contribution in [-0.2, 0) is 4.74 Å². The van der Waals surface area contributed by atoms with E-state index < -0.39 is 0 Å². The molecule has 2 unspecified atom stereocenters. The zero-order valence-corrected chi connectivity index (χ0v) is 13.8. The van der Waals surface area contributed by atoms with Gasteiger partial charge in [0.05, 0.1) is 6.61 Å². The Labute approximate surface area is 130 Å². The molecule has 2 rings (SSSR count). The zero-order chi connectivity index (χ0) is 15.4. The van der Waals surface area contributed by atoms with Crippen molar-refractivity contribution >= 4 is 28.3 Å². The second-order valence-electron chi connectivity index (χ2n) is 5.94. The summed E-state index contributed by atoms with van der Waals surface area (Å²) in [6.07, 6.45) is 4.88. The Hall–Kier alpha value is -1.30. The average Bonchev–Trinajstić information content (AvgIpc) is 2.80. The van der Waals surface area contributed by atoms with Crippen LogP contribution in [0.1, 0.15) is 56.8 Å². The molecule has 0 saturated heterocycles. The predicted molar refractivity (Wildman–Crippen MR) is 86.7 cm³/mol. The number of carbonyl (C=O) groups is 1. The third kappa shape index (κ3) is 3.67. The summed E-state index contributed by atoms with van der Waals surface area (Å²) in [4.78, 5) is 12.0. The Kier molecular flexibility index (Phi) is 5.45. The van der Waals surface area contributed by atoms with Crippen LogP contribution in [0.4, 0.5) is 10.8 Å². The van der Waals surface area contributed by atoms with Crippen LogP contribution in [0.5, 0.6) is 0 Å². The maximum absolute atomic E-state index is 12.0. The molecule has 2 atom stereocenters. The Balaban J connectivity index is 2.17. The summed E-state index contributed by atoms with van der Waals surface area (Å²) in [6.45, 7) is 6.65. The molecule has 21 heavy (non-hydrogen) atoms. The normalized spacial score (nSPS) is 22.3. The number of nitrogen functional groups attached to an aromatic ring is 1. The van der Waals surface area contributed by atoms with Gasteiger partial charge < -0.3 is 15.8 Å². The van der Waals surface area contributed by atoms with Crippen molar-refractivity contribution in [1.82, 2.24) is 4.37 Å². The molecule has 118 valence electrons. The van der Waals surface area contributed by atoms with E-state index in [4.69, 9.17) is 10.5 Å². The van der Waals surface area contributed by atoms with Crippen molar-refractivity contribution in [2.75, 3.05) is 17.7 Å². The van der Waals surface area contributed by atoms with Crippen LogP contribution < -0.4 is 11.1 Å². The molecule has 0 radical (unpaired) electrons. The van der Waals surface area contributed by atoms with Gasteiger partial charge in [0.25, 0.3) is 0 Å². The molecule has 1 aromatic heterocycles. The van der Waals surface area contributed by atoms with Gasteiger partial charge in [0.2, 0.25) is 0 Å². The molecule has 0 bridgehead atoms. The van der Waals surface area contributed by atoms with Crippen molar-refractivity contribution in [3.63, 3.8) is 0 Å². The highest BCUT2D eigenvalue weighted by Crippen LogP contribution is 2.35. The standard InChI is InChI=1S/C15H25N3O2S/c1-4-20-15(19)12-13(16)18-21-14(12)17-11-8-6-5-7-10(11)9(2)3/h9-11,17H,4-8H2,1-3H3,(H2,16,18). The van der Waals surface area contributed by atoms with E-state index in [1.807, 2.05) is 0 Å². The average molecular weight is 311 g/mol. The summed E-state index contributed by atoms with van der Waals surface area (Å²) < 4.78 is 9.19. The van der Waals surface area contributed by atoms with Crippen molar-refractivity contribution in [1.29, 1.82) is 0 Å². The topological polar surface area (TPSA) is 77.2 Å². The number of hydrogen-bond donors (Lipinski definition) is 2. The maximum Gasteiger partial charge on any atom is 0.344 e. The fourth-order valence-corrected chi connectivity index (χ4v) is 3.87. The highest BCUT2D eigenvalue weighted by molar-refractivity contribution is 7.11. The van der Waals surface area contributed by atoms with Gasteiger partial charge >= 0.3 is 5.97 Å². The minimum absolute atomic E-state index is 0.262. The Morgan fingerprint density at radius 3 is 2.86 bits per heavy atom. The molecule has 1 aromatic rings. The fraction of sp³-hybridized carbons (Fsp3) is 0.733. The monoisotopic (exact) mass is 311 g/mol. The van der Waals surface area contributed by atoms with Gasteiger partial charge in [-0.25, -0.2) is 4.79 Å². The number of hydrogen-bond acceptors (Lipinski definition) is 6. The molecule has 3 N–H and O–H groups in total. The number of rotatable bonds is 5. The number of nitrogens with two attached hydrogens (primary N) is 1. The lowest BCUT2D eigenvalue weighted by Gasteiger charge is -2.35. The van der Waals surface area contributed by atoms with Crippen molar-refractivity contribution in [2.45, 2.75) is 52.5 Å². The number of anilines is 2. The van der Waals surface area contributed by atoms with Crippen LogP contribution in [0.2, 0.25) is 0 Å². The smallest absolute Gasteiger partial charge is 0.344 e. The maximum atomic E-state index is 12.0. The van der Waals surface area contributed by atoms with Crippen LogP contribution in [0.3, 0.4) is 0 Å². The van der Waals surface area contributed by atoms with Gasteiger partial charge in [0.15, 0.2) is 5.82 Å². The second-order valence-corrected chi connectivity index (χ2v) is 6.71. The fourth-order valence-electron chi connectivity index (χ4n) is 3.11. The highest BCUT2D eigenvalue weighted by Gasteiger charge is 2.30. The summed E-state index contributed by atoms with van der Waals surface area (Å²) in [7, 11) is 0. The summed E-state index contributed by atoms with van der Waals surface area (Å²) in [5, 5.41) is 4.27. The van der Waals surface area contributed by atoms with Gasteiger partial charge in [-0.2, -0.15) is 4.37 Å². The first-order chi connectivity index (χ1) is 10.0. The summed E-state index contributed by atoms with van der Waals surface area (Å²) in [6, 6.07) is 0.381. The van der Waals surface area contributed by atoms with Gasteiger partial charge in [0.1, 0.15) is 10.6 Å². The van der Waals surface area contributed by atoms with Crippen molar-refractivity contribution in [3.05, 3.63) is 5.56 Å². The first kappa shape index (κ1) is 16.1. The second kappa shape index (κ2) is 7.11. The van der Waals surface area contributed by atoms with Crippen LogP contribution >= 0.6 is 11.5 Å². The van der Waals surface area contributed by atoms with E-state index >= 15 is 0 Å². The molecule has 1 heterocycles. The summed E-state index contributed by atoms with van der Waals surface area (Å²) in [5.41, 5.74) is 6.23. The number of aromatic nitrogens is 1. The molecule has 0 aromatic carbocycles. The number of esters is 1. The molecular formula is C15H25N3O2S. The molecular weight excluding hydrogens is 286 g/mol. The zero-order valence-electron chi connectivity index (χ0n) is 13.0. The molecule has 0 amide bonds. The largest absolute Gasteiger partial charge is 0.462 e. The minimum Gasteiger partial charge on any atom is -0.462 e. The highest BCUT2D eigenvalue weighted by atomic mass is 32.1. The van der Waals surface area contributed by atoms with E-state index in [0.29, 0.717) is 30.0 Å². The molecule has 1 aliphatic rings. The van der Waals surface area contributed by atoms with E-state index in [0.717, 1.165) is 11.4 Å². The Morgan fingerprint density at radius 2 is 2.19 bits per heavy atom. The van der Waals surface area contributed by atoms with Crippen molar-refractivity contribution in [3.8, 4) is 0 Å². The van der Waals surface area contributed by atoms with Crippen LogP contribution in [-0.4, -0.2) is 23.0 Å². The lowest BCUT2D eigenvalue weighted by molar-refractivity contribution is 0.0529. The van der Waals surface area contributed by atoms with E-state index in [9.17, 15) is 4.79 Å². The van der Waals surface area contributed by atoms with Crippen LogP contribution in [0.25, 0.3) is 0 Å². The molecule has 6 heteroatoms. The van der Waals surface area contributed by atoms with Gasteiger partial charge in [-0.05, 0) is 43.1 Å². The molecule has 1 fully saturated rings. The Bertz CT molecular complexity index is 487. The Morgan fingerprint density at radius 1 is 1.48 bits per heavy atom. The van der Waals surface area contributed by atoms with Crippen LogP contribution in [0, 0.1) is 11.8 Å². The molecule has 0 aliphatic heterocycles. The van der Waals surface area contributed by atoms with E-state index in [-0.39, 0.29) is 11.8 Å². The molecule has 0 spiro atoms. The SMILES string of the molecule is CCOC(=O)c1c(N)nsc1NC1CCCCC1C(C)C. The minimum atomic E-state index is -0.386. The summed E-state index contributed by atoms with van der Waals surface area (Å²) in [5.74, 6) is 1.12. The first-order valence-corrected chi connectivity index (χ1v) is 8.50. The van der Waals surface area contributed by atoms with E-state index in [1.165, 1.54) is 30.8 Å². The van der Waals surface area contributed by atoms with Gasteiger partial charge in [-0.3, -0.25) is 0 Å². The molecule has 1 saturated carbocycles. The summed E-state index contributed by atoms with van der Waals surface area (Å²) >= 11 is 1.25. The first-order valence-electron chi connectivity index (χ1n) is 7.73. The van der Waals surface area contributed by atoms with Gasteiger partial charge in [0, 0.05) is 6.04 Å².